The molecule has 0 aliphatic carbocycles. The van der Waals surface area contributed by atoms with Gasteiger partial charge in [0.2, 0.25) is 0 Å². The molecule has 9 heteroatoms. The van der Waals surface area contributed by atoms with E-state index in [9.17, 15) is 8.42 Å². The lowest BCUT2D eigenvalue weighted by molar-refractivity contribution is -0.159. The first-order valence-electron chi connectivity index (χ1n) is 9.78. The van der Waals surface area contributed by atoms with Gasteiger partial charge in [-0.2, -0.15) is 0 Å². The van der Waals surface area contributed by atoms with E-state index in [1.165, 1.54) is 16.8 Å². The van der Waals surface area contributed by atoms with Crippen LogP contribution in [0, 0.1) is 0 Å². The van der Waals surface area contributed by atoms with E-state index in [-0.39, 0.29) is 0 Å². The zero-order chi connectivity index (χ0) is 22.6. The van der Waals surface area contributed by atoms with Gasteiger partial charge in [-0.25, -0.2) is 22.0 Å². The fourth-order valence-corrected chi connectivity index (χ4v) is 5.19. The molecular formula is C22H24N2O6S. The molecule has 31 heavy (non-hydrogen) atoms. The molecule has 1 fully saturated rings. The van der Waals surface area contributed by atoms with Crippen molar-refractivity contribution in [2.24, 2.45) is 0 Å². The monoisotopic (exact) mass is 444 g/mol. The molecule has 2 heterocycles. The Morgan fingerprint density at radius 1 is 1.00 bits per heavy atom. The molecule has 2 N–H and O–H groups in total. The second-order valence-corrected chi connectivity index (χ2v) is 9.19. The number of hydrogen-bond donors (Lipinski definition) is 2. The number of nitrogens with zero attached hydrogens (tertiary/aromatic N) is 2. The van der Waals surface area contributed by atoms with Gasteiger partial charge in [0.05, 0.1) is 10.4 Å². The van der Waals surface area contributed by atoms with Crippen molar-refractivity contribution in [2.75, 3.05) is 13.6 Å². The highest BCUT2D eigenvalue weighted by atomic mass is 32.2. The minimum absolute atomic E-state index is 0.320. The Labute approximate surface area is 180 Å². The third-order valence-electron chi connectivity index (χ3n) is 5.37. The SMILES string of the molecule is CN1CCC[C@H]1Cc1cn(S(=O)(=O)c2ccccc2)c2ccccc12.O=C(O)C(=O)O. The molecule has 0 unspecified atom stereocenters. The second kappa shape index (κ2) is 9.32. The normalized spacial score (nSPS) is 16.6. The third-order valence-corrected chi connectivity index (χ3v) is 7.06. The van der Waals surface area contributed by atoms with Crippen molar-refractivity contribution in [3.8, 4) is 0 Å². The van der Waals surface area contributed by atoms with Crippen LogP contribution in [0.2, 0.25) is 0 Å². The van der Waals surface area contributed by atoms with Crippen molar-refractivity contribution < 1.29 is 28.2 Å². The molecule has 0 radical (unpaired) electrons. The summed E-state index contributed by atoms with van der Waals surface area (Å²) < 4.78 is 27.7. The van der Waals surface area contributed by atoms with E-state index in [1.54, 1.807) is 24.3 Å². The van der Waals surface area contributed by atoms with Gasteiger partial charge in [0.1, 0.15) is 0 Å². The van der Waals surface area contributed by atoms with E-state index in [1.807, 2.05) is 36.5 Å². The van der Waals surface area contributed by atoms with Gasteiger partial charge in [0, 0.05) is 17.6 Å². The van der Waals surface area contributed by atoms with Crippen LogP contribution in [0.3, 0.4) is 0 Å². The fraction of sp³-hybridized carbons (Fsp3) is 0.273. The Morgan fingerprint density at radius 2 is 1.61 bits per heavy atom. The molecule has 8 nitrogen and oxygen atoms in total. The zero-order valence-electron chi connectivity index (χ0n) is 17.0. The molecule has 1 aromatic heterocycles. The number of likely N-dealkylation sites (N-methyl/N-ethyl adjacent to an activating group) is 1. The molecule has 3 aromatic rings. The van der Waals surface area contributed by atoms with E-state index in [0.29, 0.717) is 10.9 Å². The Bertz CT molecular complexity index is 1180. The average molecular weight is 445 g/mol. The minimum atomic E-state index is -3.59. The van der Waals surface area contributed by atoms with Crippen LogP contribution in [0.1, 0.15) is 18.4 Å². The van der Waals surface area contributed by atoms with E-state index < -0.39 is 22.0 Å². The lowest BCUT2D eigenvalue weighted by Gasteiger charge is -2.18. The summed E-state index contributed by atoms with van der Waals surface area (Å²) in [7, 11) is -1.44. The quantitative estimate of drug-likeness (QED) is 0.594. The van der Waals surface area contributed by atoms with Crippen molar-refractivity contribution in [3.63, 3.8) is 0 Å². The van der Waals surface area contributed by atoms with Gasteiger partial charge in [-0.05, 0) is 56.6 Å². The first-order chi connectivity index (χ1) is 14.7. The zero-order valence-corrected chi connectivity index (χ0v) is 17.8. The molecule has 1 saturated heterocycles. The number of carbonyl (C=O) groups is 2. The van der Waals surface area contributed by atoms with Crippen molar-refractivity contribution in [3.05, 3.63) is 66.4 Å². The molecule has 0 bridgehead atoms. The van der Waals surface area contributed by atoms with Gasteiger partial charge in [-0.15, -0.1) is 0 Å². The highest BCUT2D eigenvalue weighted by molar-refractivity contribution is 7.90. The number of benzene rings is 2. The van der Waals surface area contributed by atoms with Crippen LogP contribution >= 0.6 is 0 Å². The van der Waals surface area contributed by atoms with E-state index in [2.05, 4.69) is 11.9 Å². The Hall–Kier alpha value is -3.17. The number of fused-ring (bicyclic) bond motifs is 1. The topological polar surface area (TPSA) is 117 Å². The maximum Gasteiger partial charge on any atom is 0.414 e. The van der Waals surface area contributed by atoms with Gasteiger partial charge in [-0.1, -0.05) is 36.4 Å². The molecule has 164 valence electrons. The molecule has 1 atom stereocenters. The molecule has 0 saturated carbocycles. The predicted molar refractivity (Wildman–Crippen MR) is 116 cm³/mol. The summed E-state index contributed by atoms with van der Waals surface area (Å²) in [5, 5.41) is 15.8. The number of aromatic nitrogens is 1. The lowest BCUT2D eigenvalue weighted by Crippen LogP contribution is -2.26. The highest BCUT2D eigenvalue weighted by Crippen LogP contribution is 2.29. The third kappa shape index (κ3) is 4.95. The Kier molecular flexibility index (Phi) is 6.77. The number of rotatable bonds is 4. The standard InChI is InChI=1S/C20H22N2O2S.C2H2O4/c1-21-13-7-8-17(21)14-16-15-22(20-12-6-5-11-19(16)20)25(23,24)18-9-3-2-4-10-18;3-1(4)2(5)6/h2-6,9-12,15,17H,7-8,13-14H2,1H3;(H,3,4)(H,5,6)/t17-;/m0./s1. The van der Waals surface area contributed by atoms with E-state index in [4.69, 9.17) is 19.8 Å². The van der Waals surface area contributed by atoms with Crippen LogP contribution in [-0.4, -0.2) is 59.1 Å². The fourth-order valence-electron chi connectivity index (χ4n) is 3.78. The number of likely N-dealkylation sites (tertiary alicyclic amines) is 1. The molecule has 0 spiro atoms. The van der Waals surface area contributed by atoms with E-state index in [0.717, 1.165) is 29.4 Å². The number of carboxylic acids is 2. The van der Waals surface area contributed by atoms with Gasteiger partial charge in [-0.3, -0.25) is 0 Å². The van der Waals surface area contributed by atoms with Crippen LogP contribution in [0.5, 0.6) is 0 Å². The van der Waals surface area contributed by atoms with E-state index >= 15 is 0 Å². The predicted octanol–water partition coefficient (Wildman–Crippen LogP) is 2.67. The number of carboxylic acid groups (broad SMARTS) is 2. The van der Waals surface area contributed by atoms with Crippen LogP contribution in [-0.2, 0) is 26.0 Å². The Balaban J connectivity index is 0.000000401. The van der Waals surface area contributed by atoms with Gasteiger partial charge >= 0.3 is 11.9 Å². The summed E-state index contributed by atoms with van der Waals surface area (Å²) in [6.45, 7) is 1.12. The lowest BCUT2D eigenvalue weighted by atomic mass is 10.0. The van der Waals surface area contributed by atoms with Gasteiger partial charge < -0.3 is 15.1 Å². The molecule has 1 aliphatic heterocycles. The molecule has 1 aliphatic rings. The first kappa shape index (κ1) is 22.5. The molecule has 2 aromatic carbocycles. The van der Waals surface area contributed by atoms with Crippen molar-refractivity contribution >= 4 is 32.9 Å². The summed E-state index contributed by atoms with van der Waals surface area (Å²) >= 11 is 0. The maximum atomic E-state index is 13.1. The summed E-state index contributed by atoms with van der Waals surface area (Å²) in [6.07, 6.45) is 5.08. The molecule has 0 amide bonds. The number of hydrogen-bond acceptors (Lipinski definition) is 5. The smallest absolute Gasteiger partial charge is 0.414 e. The number of para-hydroxylation sites is 1. The Morgan fingerprint density at radius 3 is 2.19 bits per heavy atom. The van der Waals surface area contributed by atoms with Gasteiger partial charge in [0.15, 0.2) is 0 Å². The second-order valence-electron chi connectivity index (χ2n) is 7.38. The largest absolute Gasteiger partial charge is 0.473 e. The summed E-state index contributed by atoms with van der Waals surface area (Å²) in [5.74, 6) is -3.65. The first-order valence-corrected chi connectivity index (χ1v) is 11.2. The van der Waals surface area contributed by atoms with Crippen LogP contribution < -0.4 is 0 Å². The average Bonchev–Trinajstić information content (AvgIpc) is 3.33. The maximum absolute atomic E-state index is 13.1. The summed E-state index contributed by atoms with van der Waals surface area (Å²) in [4.78, 5) is 20.9. The van der Waals surface area contributed by atoms with Crippen molar-refractivity contribution in [1.29, 1.82) is 0 Å². The number of aliphatic carboxylic acids is 2. The summed E-state index contributed by atoms with van der Waals surface area (Å²) in [5.41, 5.74) is 1.86. The van der Waals surface area contributed by atoms with Gasteiger partial charge in [0.25, 0.3) is 10.0 Å². The van der Waals surface area contributed by atoms with Crippen LogP contribution in [0.15, 0.2) is 65.7 Å². The van der Waals surface area contributed by atoms with Crippen molar-refractivity contribution in [1.82, 2.24) is 8.87 Å². The van der Waals surface area contributed by atoms with Crippen LogP contribution in [0.4, 0.5) is 0 Å². The van der Waals surface area contributed by atoms with Crippen LogP contribution in [0.25, 0.3) is 10.9 Å². The summed E-state index contributed by atoms with van der Waals surface area (Å²) in [6, 6.07) is 16.9. The minimum Gasteiger partial charge on any atom is -0.473 e. The molecule has 4 rings (SSSR count). The molecular weight excluding hydrogens is 420 g/mol. The van der Waals surface area contributed by atoms with Crippen molar-refractivity contribution in [2.45, 2.75) is 30.2 Å². The highest BCUT2D eigenvalue weighted by Gasteiger charge is 2.25.